The topological polar surface area (TPSA) is 70.8 Å². The Kier molecular flexibility index (Phi) is 6.47. The summed E-state index contributed by atoms with van der Waals surface area (Å²) in [5.74, 6) is -0.875. The van der Waals surface area contributed by atoms with Gasteiger partial charge in [0.15, 0.2) is 11.9 Å². The van der Waals surface area contributed by atoms with Crippen LogP contribution < -0.4 is 10.4 Å². The fraction of sp³-hybridized carbons (Fsp3) is 0.478. The van der Waals surface area contributed by atoms with Crippen molar-refractivity contribution in [3.63, 3.8) is 0 Å². The molecule has 0 aliphatic carbocycles. The third-order valence-electron chi connectivity index (χ3n) is 5.49. The van der Waals surface area contributed by atoms with Gasteiger partial charge in [0, 0.05) is 4.92 Å². The van der Waals surface area contributed by atoms with Gasteiger partial charge in [-0.05, 0) is 29.3 Å². The smallest absolute Gasteiger partial charge is 0.261 e. The van der Waals surface area contributed by atoms with Gasteiger partial charge in [-0.15, -0.1) is 0 Å². The molecule has 1 aliphatic heterocycles. The molecule has 0 N–H and O–H groups in total. The van der Waals surface area contributed by atoms with Crippen LogP contribution in [-0.4, -0.2) is 44.4 Å². The molecule has 1 aliphatic rings. The molecule has 1 fully saturated rings. The average Bonchev–Trinajstić information content (AvgIpc) is 2.95. The lowest BCUT2D eigenvalue weighted by Gasteiger charge is -2.43. The van der Waals surface area contributed by atoms with Crippen molar-refractivity contribution < 1.29 is 18.8 Å². The third kappa shape index (κ3) is 4.64. The van der Waals surface area contributed by atoms with E-state index >= 15 is 0 Å². The fourth-order valence-corrected chi connectivity index (χ4v) is 8.89. The second kappa shape index (κ2) is 8.59. The highest BCUT2D eigenvalue weighted by Gasteiger charge is 2.52. The Hall–Kier alpha value is -2.06. The highest BCUT2D eigenvalue weighted by Crippen LogP contribution is 2.38. The van der Waals surface area contributed by atoms with Crippen molar-refractivity contribution in [2.24, 2.45) is 0 Å². The van der Waals surface area contributed by atoms with Crippen LogP contribution in [0.2, 0.25) is 5.04 Å². The Morgan fingerprint density at radius 1 is 0.967 bits per heavy atom. The maximum absolute atomic E-state index is 11.2. The number of nitro groups is 1. The SMILES string of the molecule is CC1(C)O[C@@H](C[N+](=O)[O-])[C@@H](CO[Si](c2ccccc2)(c2ccccc2)C(C)(C)C)O1. The molecule has 6 nitrogen and oxygen atoms in total. The number of rotatable bonds is 7. The molecular weight excluding hydrogens is 398 g/mol. The zero-order valence-electron chi connectivity index (χ0n) is 18.3. The molecule has 0 aromatic heterocycles. The summed E-state index contributed by atoms with van der Waals surface area (Å²) in [5, 5.41) is 13.3. The van der Waals surface area contributed by atoms with Crippen LogP contribution in [0.4, 0.5) is 0 Å². The van der Waals surface area contributed by atoms with E-state index in [0.717, 1.165) is 10.4 Å². The molecular formula is C23H31NO5Si. The van der Waals surface area contributed by atoms with Crippen LogP contribution >= 0.6 is 0 Å². The predicted molar refractivity (Wildman–Crippen MR) is 119 cm³/mol. The molecule has 30 heavy (non-hydrogen) atoms. The Labute approximate surface area is 179 Å². The van der Waals surface area contributed by atoms with E-state index < -0.39 is 26.3 Å². The van der Waals surface area contributed by atoms with Crippen molar-refractivity contribution in [3.8, 4) is 0 Å². The molecule has 7 heteroatoms. The molecule has 0 unspecified atom stereocenters. The molecule has 0 radical (unpaired) electrons. The van der Waals surface area contributed by atoms with Crippen LogP contribution in [0.3, 0.4) is 0 Å². The van der Waals surface area contributed by atoms with Crippen LogP contribution in [0.1, 0.15) is 34.6 Å². The van der Waals surface area contributed by atoms with Crippen LogP contribution in [0, 0.1) is 10.1 Å². The first-order chi connectivity index (χ1) is 14.1. The van der Waals surface area contributed by atoms with Crippen LogP contribution in [0.25, 0.3) is 0 Å². The summed E-state index contributed by atoms with van der Waals surface area (Å²) >= 11 is 0. The average molecular weight is 430 g/mol. The van der Waals surface area contributed by atoms with Crippen molar-refractivity contribution in [2.45, 2.75) is 57.7 Å². The van der Waals surface area contributed by atoms with Gasteiger partial charge in [-0.2, -0.15) is 0 Å². The van der Waals surface area contributed by atoms with E-state index in [1.807, 2.05) is 36.4 Å². The third-order valence-corrected chi connectivity index (χ3v) is 10.5. The van der Waals surface area contributed by atoms with Crippen molar-refractivity contribution in [1.82, 2.24) is 0 Å². The Balaban J connectivity index is 2.00. The first-order valence-corrected chi connectivity index (χ1v) is 12.2. The van der Waals surface area contributed by atoms with E-state index in [1.54, 1.807) is 13.8 Å². The lowest BCUT2D eigenvalue weighted by atomic mass is 10.2. The lowest BCUT2D eigenvalue weighted by molar-refractivity contribution is -0.491. The minimum absolute atomic E-state index is 0.177. The van der Waals surface area contributed by atoms with Crippen molar-refractivity contribution >= 4 is 18.7 Å². The van der Waals surface area contributed by atoms with Crippen molar-refractivity contribution in [3.05, 3.63) is 70.8 Å². The van der Waals surface area contributed by atoms with E-state index in [9.17, 15) is 10.1 Å². The quantitative estimate of drug-likeness (QED) is 0.383. The molecule has 2 aromatic carbocycles. The zero-order chi connectivity index (χ0) is 22.0. The Bertz CT molecular complexity index is 811. The number of hydrogen-bond acceptors (Lipinski definition) is 5. The maximum Gasteiger partial charge on any atom is 0.261 e. The standard InChI is InChI=1S/C23H31NO5Si/c1-22(2,3)30(18-12-8-6-9-13-18,19-14-10-7-11-15-19)27-17-21-20(16-24(25)26)28-23(4,5)29-21/h6-15,20-21H,16-17H2,1-5H3/t20-,21+/m0/s1. The maximum atomic E-state index is 11.2. The molecule has 2 atom stereocenters. The first kappa shape index (κ1) is 22.6. The van der Waals surface area contributed by atoms with Crippen LogP contribution in [-0.2, 0) is 13.9 Å². The second-order valence-corrected chi connectivity index (χ2v) is 13.5. The normalized spacial score (nSPS) is 21.5. The fourth-order valence-electron chi connectivity index (χ4n) is 4.32. The largest absolute Gasteiger partial charge is 0.405 e. The van der Waals surface area contributed by atoms with Crippen LogP contribution in [0.5, 0.6) is 0 Å². The number of ether oxygens (including phenoxy) is 2. The van der Waals surface area contributed by atoms with Gasteiger partial charge in [0.05, 0.1) is 6.61 Å². The van der Waals surface area contributed by atoms with Gasteiger partial charge in [0.1, 0.15) is 6.10 Å². The molecule has 0 bridgehead atoms. The van der Waals surface area contributed by atoms with Crippen LogP contribution in [0.15, 0.2) is 60.7 Å². The molecule has 1 saturated heterocycles. The van der Waals surface area contributed by atoms with E-state index in [2.05, 4.69) is 45.0 Å². The summed E-state index contributed by atoms with van der Waals surface area (Å²) in [6, 6.07) is 20.6. The van der Waals surface area contributed by atoms with Gasteiger partial charge in [0.25, 0.3) is 8.32 Å². The van der Waals surface area contributed by atoms with Gasteiger partial charge < -0.3 is 13.9 Å². The molecule has 0 amide bonds. The lowest BCUT2D eigenvalue weighted by Crippen LogP contribution is -2.67. The summed E-state index contributed by atoms with van der Waals surface area (Å²) in [5.41, 5.74) is 0. The number of nitrogens with zero attached hydrogens (tertiary/aromatic N) is 1. The Morgan fingerprint density at radius 2 is 1.43 bits per heavy atom. The van der Waals surface area contributed by atoms with Gasteiger partial charge in [0.2, 0.25) is 6.54 Å². The molecule has 1 heterocycles. The van der Waals surface area contributed by atoms with E-state index in [0.29, 0.717) is 0 Å². The zero-order valence-corrected chi connectivity index (χ0v) is 19.3. The monoisotopic (exact) mass is 429 g/mol. The van der Waals surface area contributed by atoms with Crippen molar-refractivity contribution in [2.75, 3.05) is 13.2 Å². The summed E-state index contributed by atoms with van der Waals surface area (Å²) < 4.78 is 18.7. The summed E-state index contributed by atoms with van der Waals surface area (Å²) in [6.07, 6.45) is -1.15. The Morgan fingerprint density at radius 3 is 1.87 bits per heavy atom. The summed E-state index contributed by atoms with van der Waals surface area (Å²) in [6.45, 7) is 10.1. The minimum atomic E-state index is -2.74. The van der Waals surface area contributed by atoms with Gasteiger partial charge in [-0.1, -0.05) is 81.4 Å². The van der Waals surface area contributed by atoms with E-state index in [-0.39, 0.29) is 23.1 Å². The highest BCUT2D eigenvalue weighted by molar-refractivity contribution is 6.99. The number of hydrogen-bond donors (Lipinski definition) is 0. The molecule has 0 spiro atoms. The van der Waals surface area contributed by atoms with Crippen molar-refractivity contribution in [1.29, 1.82) is 0 Å². The predicted octanol–water partition coefficient (Wildman–Crippen LogP) is 3.36. The minimum Gasteiger partial charge on any atom is -0.405 e. The molecule has 2 aromatic rings. The molecule has 162 valence electrons. The number of benzene rings is 2. The summed E-state index contributed by atoms with van der Waals surface area (Å²) in [7, 11) is -2.74. The second-order valence-electron chi connectivity index (χ2n) is 9.20. The summed E-state index contributed by atoms with van der Waals surface area (Å²) in [4.78, 5) is 10.8. The first-order valence-electron chi connectivity index (χ1n) is 10.3. The molecule has 0 saturated carbocycles. The van der Waals surface area contributed by atoms with Gasteiger partial charge >= 0.3 is 0 Å². The van der Waals surface area contributed by atoms with E-state index in [4.69, 9.17) is 13.9 Å². The van der Waals surface area contributed by atoms with Gasteiger partial charge in [-0.3, -0.25) is 10.1 Å². The highest BCUT2D eigenvalue weighted by atomic mass is 28.4. The molecule has 3 rings (SSSR count). The van der Waals surface area contributed by atoms with Gasteiger partial charge in [-0.25, -0.2) is 0 Å². The van der Waals surface area contributed by atoms with E-state index in [1.165, 1.54) is 0 Å².